The highest BCUT2D eigenvalue weighted by molar-refractivity contribution is 5.93. The molecule has 3 aromatic carbocycles. The highest BCUT2D eigenvalue weighted by Crippen LogP contribution is 2.43. The molecule has 14 nitrogen and oxygen atoms in total. The lowest BCUT2D eigenvalue weighted by Gasteiger charge is -2.37. The quantitative estimate of drug-likeness (QED) is 0.161. The van der Waals surface area contributed by atoms with Crippen LogP contribution in [0.4, 0.5) is 9.59 Å². The van der Waals surface area contributed by atoms with Crippen LogP contribution < -0.4 is 10.6 Å². The van der Waals surface area contributed by atoms with Crippen molar-refractivity contribution in [3.63, 3.8) is 0 Å². The number of hydrogen-bond acceptors (Lipinski definition) is 8. The van der Waals surface area contributed by atoms with E-state index < -0.39 is 23.8 Å². The van der Waals surface area contributed by atoms with Crippen molar-refractivity contribution < 1.29 is 28.7 Å². The van der Waals surface area contributed by atoms with E-state index >= 15 is 0 Å². The summed E-state index contributed by atoms with van der Waals surface area (Å²) in [5.41, 5.74) is 6.81. The van der Waals surface area contributed by atoms with Gasteiger partial charge in [-0.2, -0.15) is 0 Å². The van der Waals surface area contributed by atoms with Crippen LogP contribution >= 0.6 is 0 Å². The molecular formula is C40H42N8O6. The Bertz CT molecular complexity index is 2290. The van der Waals surface area contributed by atoms with Crippen molar-refractivity contribution in [2.24, 2.45) is 0 Å². The van der Waals surface area contributed by atoms with Gasteiger partial charge in [-0.15, -0.1) is 0 Å². The number of hydrogen-bond donors (Lipinski definition) is 4. The zero-order valence-corrected chi connectivity index (χ0v) is 30.2. The highest BCUT2D eigenvalue weighted by atomic mass is 16.5. The minimum absolute atomic E-state index is 0.0748. The molecule has 1 saturated carbocycles. The number of aromatic nitrogens is 4. The molecule has 4 fully saturated rings. The van der Waals surface area contributed by atoms with Crippen molar-refractivity contribution in [1.29, 1.82) is 0 Å². The van der Waals surface area contributed by atoms with Crippen molar-refractivity contribution >= 4 is 46.1 Å². The molecule has 3 saturated heterocycles. The number of carbonyl (C=O) groups is 4. The third-order valence-electron chi connectivity index (χ3n) is 11.7. The molecule has 0 bridgehead atoms. The molecule has 4 aliphatic rings. The standard InChI is InChI=1S/C40H42N8O6/c1-53-38(51)45-29-15-11-26-12-16-33(48(26)36(29)49)35-42-28-14-10-25(21-31(28)44-35)23-7-5-22(6-8-23)24-9-13-27-30(20-24)43-34(41-27)32-4-3-19-47(32)37(50)40(17-18-40)46-39(52)54-2/h5-10,13-14,20-21,26,29,32-33H,3-4,11-12,15-19H2,1-2H3,(H,41,43)(H,42,44)(H,45,51)(H,46,52)/t26-,29-,32-,33-/m0/s1. The molecule has 9 rings (SSSR count). The molecule has 4 N–H and O–H groups in total. The van der Waals surface area contributed by atoms with E-state index in [1.807, 2.05) is 21.9 Å². The molecule has 3 aliphatic heterocycles. The lowest BCUT2D eigenvalue weighted by Crippen LogP contribution is -2.54. The van der Waals surface area contributed by atoms with Crippen LogP contribution in [0.2, 0.25) is 0 Å². The van der Waals surface area contributed by atoms with Gasteiger partial charge in [0.25, 0.3) is 0 Å². The van der Waals surface area contributed by atoms with Gasteiger partial charge in [0.05, 0.1) is 48.4 Å². The molecule has 278 valence electrons. The minimum atomic E-state index is -0.876. The number of benzene rings is 3. The van der Waals surface area contributed by atoms with Crippen molar-refractivity contribution in [2.45, 2.75) is 81.1 Å². The van der Waals surface area contributed by atoms with E-state index in [1.165, 1.54) is 14.2 Å². The average Bonchev–Trinajstić information content (AvgIpc) is 3.65. The predicted molar refractivity (Wildman–Crippen MR) is 199 cm³/mol. The Morgan fingerprint density at radius 3 is 1.91 bits per heavy atom. The first-order valence-electron chi connectivity index (χ1n) is 18.7. The summed E-state index contributed by atoms with van der Waals surface area (Å²) in [6.45, 7) is 0.621. The fourth-order valence-corrected chi connectivity index (χ4v) is 8.69. The fraction of sp³-hybridized carbons (Fsp3) is 0.400. The number of alkyl carbamates (subject to hydrolysis) is 2. The van der Waals surface area contributed by atoms with Gasteiger partial charge in [0.2, 0.25) is 11.8 Å². The van der Waals surface area contributed by atoms with Crippen LogP contribution in [0.1, 0.15) is 75.1 Å². The van der Waals surface area contributed by atoms with Gasteiger partial charge in [0.1, 0.15) is 23.2 Å². The molecule has 5 aromatic rings. The number of rotatable bonds is 7. The lowest BCUT2D eigenvalue weighted by molar-refractivity contribution is -0.139. The minimum Gasteiger partial charge on any atom is -0.453 e. The van der Waals surface area contributed by atoms with Crippen molar-refractivity contribution in [3.05, 3.63) is 72.3 Å². The molecule has 0 radical (unpaired) electrons. The third-order valence-corrected chi connectivity index (χ3v) is 11.7. The van der Waals surface area contributed by atoms with Crippen LogP contribution in [0, 0.1) is 0 Å². The Morgan fingerprint density at radius 2 is 1.31 bits per heavy atom. The van der Waals surface area contributed by atoms with Gasteiger partial charge in [-0.05, 0) is 97.9 Å². The predicted octanol–water partition coefficient (Wildman–Crippen LogP) is 5.88. The van der Waals surface area contributed by atoms with Crippen LogP contribution in [-0.2, 0) is 19.1 Å². The van der Waals surface area contributed by atoms with Gasteiger partial charge in [-0.25, -0.2) is 19.6 Å². The summed E-state index contributed by atoms with van der Waals surface area (Å²) in [6.07, 6.45) is 4.85. The van der Waals surface area contributed by atoms with E-state index in [2.05, 4.69) is 69.1 Å². The number of nitrogens with one attached hydrogen (secondary N) is 4. The Hall–Kier alpha value is -5.92. The number of aromatic amines is 2. The fourth-order valence-electron chi connectivity index (χ4n) is 8.69. The summed E-state index contributed by atoms with van der Waals surface area (Å²) in [5, 5.41) is 5.45. The largest absolute Gasteiger partial charge is 0.453 e. The number of amides is 4. The first-order valence-corrected chi connectivity index (χ1v) is 18.7. The molecule has 1 aliphatic carbocycles. The topological polar surface area (TPSA) is 175 Å². The number of methoxy groups -OCH3 is 2. The molecule has 2 aromatic heterocycles. The van der Waals surface area contributed by atoms with Gasteiger partial charge in [0, 0.05) is 12.6 Å². The highest BCUT2D eigenvalue weighted by Gasteiger charge is 2.55. The maximum Gasteiger partial charge on any atom is 0.407 e. The van der Waals surface area contributed by atoms with Gasteiger partial charge >= 0.3 is 12.2 Å². The number of H-pyrrole nitrogens is 2. The number of ether oxygens (including phenoxy) is 2. The first kappa shape index (κ1) is 33.9. The summed E-state index contributed by atoms with van der Waals surface area (Å²) < 4.78 is 9.50. The number of fused-ring (bicyclic) bond motifs is 3. The summed E-state index contributed by atoms with van der Waals surface area (Å²) in [5.74, 6) is 1.36. The van der Waals surface area contributed by atoms with E-state index in [0.29, 0.717) is 25.8 Å². The van der Waals surface area contributed by atoms with Gasteiger partial charge in [-0.1, -0.05) is 36.4 Å². The maximum atomic E-state index is 13.6. The van der Waals surface area contributed by atoms with Crippen LogP contribution in [0.5, 0.6) is 0 Å². The normalized spacial score (nSPS) is 23.0. The second kappa shape index (κ2) is 13.2. The van der Waals surface area contributed by atoms with E-state index in [4.69, 9.17) is 19.4 Å². The van der Waals surface area contributed by atoms with Gasteiger partial charge in [-0.3, -0.25) is 9.59 Å². The lowest BCUT2D eigenvalue weighted by atomic mass is 9.98. The molecule has 14 heteroatoms. The molecule has 4 atom stereocenters. The molecular weight excluding hydrogens is 688 g/mol. The zero-order chi connectivity index (χ0) is 37.1. The molecule has 5 heterocycles. The second-order valence-electron chi connectivity index (χ2n) is 14.9. The molecule has 0 unspecified atom stereocenters. The van der Waals surface area contributed by atoms with E-state index in [9.17, 15) is 19.2 Å². The van der Waals surface area contributed by atoms with E-state index in [-0.39, 0.29) is 29.9 Å². The number of imidazole rings is 2. The number of likely N-dealkylation sites (tertiary alicyclic amines) is 1. The van der Waals surface area contributed by atoms with Crippen LogP contribution in [0.25, 0.3) is 44.3 Å². The van der Waals surface area contributed by atoms with Crippen LogP contribution in [0.3, 0.4) is 0 Å². The van der Waals surface area contributed by atoms with Gasteiger partial charge in [0.15, 0.2) is 0 Å². The maximum absolute atomic E-state index is 13.6. The Balaban J connectivity index is 0.907. The van der Waals surface area contributed by atoms with Gasteiger partial charge < -0.3 is 39.9 Å². The summed E-state index contributed by atoms with van der Waals surface area (Å²) in [7, 11) is 2.61. The Kier molecular flexibility index (Phi) is 8.27. The van der Waals surface area contributed by atoms with Crippen LogP contribution in [-0.4, -0.2) is 92.1 Å². The number of nitrogens with zero attached hydrogens (tertiary/aromatic N) is 4. The Labute approximate surface area is 311 Å². The smallest absolute Gasteiger partial charge is 0.407 e. The van der Waals surface area contributed by atoms with Crippen molar-refractivity contribution in [2.75, 3.05) is 20.8 Å². The number of carbonyl (C=O) groups excluding carboxylic acids is 4. The average molecular weight is 731 g/mol. The van der Waals surface area contributed by atoms with Crippen LogP contribution in [0.15, 0.2) is 60.7 Å². The summed E-state index contributed by atoms with van der Waals surface area (Å²) in [6, 6.07) is 20.0. The Morgan fingerprint density at radius 1 is 0.741 bits per heavy atom. The number of piperidine rings is 1. The summed E-state index contributed by atoms with van der Waals surface area (Å²) in [4.78, 5) is 71.3. The molecule has 54 heavy (non-hydrogen) atoms. The second-order valence-corrected chi connectivity index (χ2v) is 14.9. The van der Waals surface area contributed by atoms with E-state index in [1.54, 1.807) is 0 Å². The van der Waals surface area contributed by atoms with Crippen molar-refractivity contribution in [1.82, 2.24) is 40.4 Å². The zero-order valence-electron chi connectivity index (χ0n) is 30.2. The van der Waals surface area contributed by atoms with E-state index in [0.717, 1.165) is 88.1 Å². The van der Waals surface area contributed by atoms with Crippen molar-refractivity contribution in [3.8, 4) is 22.3 Å². The SMILES string of the molecule is COC(=O)N[C@H]1CC[C@H]2CC[C@@H](c3nc4ccc(-c5ccc(-c6ccc7nc([C@@H]8CCCN8C(=O)C8(NC(=O)OC)CC8)[nH]c7c6)cc5)cc4[nH]3)N2C1=O. The molecule has 0 spiro atoms. The monoisotopic (exact) mass is 730 g/mol. The molecule has 4 amide bonds. The first-order chi connectivity index (χ1) is 26.2. The third kappa shape index (κ3) is 5.89. The summed E-state index contributed by atoms with van der Waals surface area (Å²) >= 11 is 0.